The van der Waals surface area contributed by atoms with Crippen molar-refractivity contribution in [2.45, 2.75) is 40.3 Å². The summed E-state index contributed by atoms with van der Waals surface area (Å²) in [7, 11) is 2.00. The van der Waals surface area contributed by atoms with Crippen LogP contribution in [-0.2, 0) is 11.3 Å². The molecule has 19 heavy (non-hydrogen) atoms. The van der Waals surface area contributed by atoms with E-state index in [0.717, 1.165) is 6.54 Å². The number of likely N-dealkylation sites (N-methyl/N-ethyl adjacent to an activating group) is 1. The molecule has 1 aromatic carbocycles. The molecule has 0 saturated carbocycles. The average Bonchev–Trinajstić information content (AvgIpc) is 2.35. The monoisotopic (exact) mass is 262 g/mol. The summed E-state index contributed by atoms with van der Waals surface area (Å²) in [5.74, 6) is 0.656. The molecule has 0 aliphatic rings. The number of nitrogens with one attached hydrogen (secondary N) is 1. The molecule has 0 spiro atoms. The Balaban J connectivity index is 2.49. The third kappa shape index (κ3) is 5.03. The molecule has 1 N–H and O–H groups in total. The Morgan fingerprint density at radius 2 is 1.89 bits per heavy atom. The molecular weight excluding hydrogens is 236 g/mol. The van der Waals surface area contributed by atoms with Crippen molar-refractivity contribution in [1.29, 1.82) is 0 Å². The number of benzene rings is 1. The van der Waals surface area contributed by atoms with Crippen molar-refractivity contribution in [1.82, 2.24) is 10.2 Å². The van der Waals surface area contributed by atoms with E-state index in [-0.39, 0.29) is 11.9 Å². The Labute approximate surface area is 117 Å². The first-order valence-corrected chi connectivity index (χ1v) is 6.94. The summed E-state index contributed by atoms with van der Waals surface area (Å²) in [4.78, 5) is 14.2. The van der Waals surface area contributed by atoms with Gasteiger partial charge in [-0.15, -0.1) is 0 Å². The molecule has 1 unspecified atom stereocenters. The van der Waals surface area contributed by atoms with Crippen LogP contribution in [0.2, 0.25) is 0 Å². The Morgan fingerprint density at radius 1 is 1.26 bits per heavy atom. The number of hydrogen-bond donors (Lipinski definition) is 1. The van der Waals surface area contributed by atoms with Gasteiger partial charge in [-0.05, 0) is 37.9 Å². The highest BCUT2D eigenvalue weighted by molar-refractivity contribution is 5.81. The van der Waals surface area contributed by atoms with Crippen molar-refractivity contribution < 1.29 is 4.79 Å². The van der Waals surface area contributed by atoms with E-state index in [0.29, 0.717) is 12.5 Å². The normalized spacial score (nSPS) is 12.8. The van der Waals surface area contributed by atoms with Crippen molar-refractivity contribution in [3.8, 4) is 0 Å². The zero-order valence-corrected chi connectivity index (χ0v) is 12.7. The van der Waals surface area contributed by atoms with E-state index in [1.165, 1.54) is 11.1 Å². The van der Waals surface area contributed by atoms with E-state index in [2.05, 4.69) is 43.1 Å². The Morgan fingerprint density at radius 3 is 2.47 bits per heavy atom. The number of carbonyl (C=O) groups is 1. The predicted octanol–water partition coefficient (Wildman–Crippen LogP) is 2.59. The van der Waals surface area contributed by atoms with Crippen molar-refractivity contribution in [2.75, 3.05) is 13.6 Å². The van der Waals surface area contributed by atoms with Crippen molar-refractivity contribution in [3.63, 3.8) is 0 Å². The van der Waals surface area contributed by atoms with E-state index < -0.39 is 0 Å². The third-order valence-electron chi connectivity index (χ3n) is 3.41. The van der Waals surface area contributed by atoms with Crippen molar-refractivity contribution >= 4 is 5.91 Å². The van der Waals surface area contributed by atoms with Crippen LogP contribution in [0.3, 0.4) is 0 Å². The summed E-state index contributed by atoms with van der Waals surface area (Å²) in [6.07, 6.45) is 0. The molecule has 0 saturated heterocycles. The number of carbonyl (C=O) groups excluding carboxylic acids is 1. The second kappa shape index (κ2) is 7.29. The smallest absolute Gasteiger partial charge is 0.237 e. The summed E-state index contributed by atoms with van der Waals surface area (Å²) in [5, 5.41) is 3.01. The molecule has 0 bridgehead atoms. The molecule has 0 aliphatic carbocycles. The van der Waals surface area contributed by atoms with Gasteiger partial charge in [0.25, 0.3) is 0 Å². The van der Waals surface area contributed by atoms with Crippen LogP contribution >= 0.6 is 0 Å². The van der Waals surface area contributed by atoms with Gasteiger partial charge in [-0.3, -0.25) is 9.69 Å². The summed E-state index contributed by atoms with van der Waals surface area (Å²) >= 11 is 0. The highest BCUT2D eigenvalue weighted by Crippen LogP contribution is 2.07. The summed E-state index contributed by atoms with van der Waals surface area (Å²) in [6.45, 7) is 9.87. The van der Waals surface area contributed by atoms with Gasteiger partial charge in [0.15, 0.2) is 0 Å². The molecule has 1 amide bonds. The molecule has 0 heterocycles. The standard InChI is InChI=1S/C16H26N2O/c1-12(2)11-18(5)14(4)16(19)17-10-15-9-7-6-8-13(15)3/h6-9,12,14H,10-11H2,1-5H3,(H,17,19). The quantitative estimate of drug-likeness (QED) is 0.854. The third-order valence-corrected chi connectivity index (χ3v) is 3.41. The van der Waals surface area contributed by atoms with Gasteiger partial charge in [0, 0.05) is 13.1 Å². The summed E-state index contributed by atoms with van der Waals surface area (Å²) < 4.78 is 0. The summed E-state index contributed by atoms with van der Waals surface area (Å²) in [5.41, 5.74) is 2.39. The molecular formula is C16H26N2O. The van der Waals surface area contributed by atoms with Gasteiger partial charge >= 0.3 is 0 Å². The fourth-order valence-electron chi connectivity index (χ4n) is 2.07. The minimum absolute atomic E-state index is 0.0893. The molecule has 3 nitrogen and oxygen atoms in total. The number of nitrogens with zero attached hydrogens (tertiary/aromatic N) is 1. The second-order valence-electron chi connectivity index (χ2n) is 5.65. The Hall–Kier alpha value is -1.35. The van der Waals surface area contributed by atoms with Gasteiger partial charge in [-0.1, -0.05) is 38.1 Å². The first-order valence-electron chi connectivity index (χ1n) is 6.94. The molecule has 0 radical (unpaired) electrons. The van der Waals surface area contributed by atoms with Gasteiger partial charge in [0.2, 0.25) is 5.91 Å². The van der Waals surface area contributed by atoms with Crippen LogP contribution in [0.25, 0.3) is 0 Å². The van der Waals surface area contributed by atoms with Gasteiger partial charge in [-0.25, -0.2) is 0 Å². The van der Waals surface area contributed by atoms with Crippen molar-refractivity contribution in [2.24, 2.45) is 5.92 Å². The lowest BCUT2D eigenvalue weighted by Gasteiger charge is -2.25. The van der Waals surface area contributed by atoms with Crippen LogP contribution in [0, 0.1) is 12.8 Å². The fraction of sp³-hybridized carbons (Fsp3) is 0.562. The number of hydrogen-bond acceptors (Lipinski definition) is 2. The maximum Gasteiger partial charge on any atom is 0.237 e. The Kier molecular flexibility index (Phi) is 6.03. The molecule has 1 aromatic rings. The van der Waals surface area contributed by atoms with Crippen molar-refractivity contribution in [3.05, 3.63) is 35.4 Å². The van der Waals surface area contributed by atoms with Gasteiger partial charge < -0.3 is 5.32 Å². The lowest BCUT2D eigenvalue weighted by Crippen LogP contribution is -2.44. The lowest BCUT2D eigenvalue weighted by atomic mass is 10.1. The zero-order chi connectivity index (χ0) is 14.4. The van der Waals surface area contributed by atoms with Gasteiger partial charge in [0.1, 0.15) is 0 Å². The topological polar surface area (TPSA) is 32.3 Å². The van der Waals surface area contributed by atoms with Crippen LogP contribution in [0.1, 0.15) is 31.9 Å². The number of amides is 1. The first-order chi connectivity index (χ1) is 8.91. The van der Waals surface area contributed by atoms with Crippen LogP contribution in [-0.4, -0.2) is 30.4 Å². The molecule has 0 aromatic heterocycles. The minimum atomic E-state index is -0.0913. The molecule has 106 valence electrons. The molecule has 0 fully saturated rings. The Bertz CT molecular complexity index is 415. The van der Waals surface area contributed by atoms with E-state index in [1.807, 2.05) is 26.1 Å². The molecule has 0 aliphatic heterocycles. The van der Waals surface area contributed by atoms with Crippen LogP contribution in [0.4, 0.5) is 0 Å². The lowest BCUT2D eigenvalue weighted by molar-refractivity contribution is -0.125. The maximum absolute atomic E-state index is 12.1. The minimum Gasteiger partial charge on any atom is -0.351 e. The van der Waals surface area contributed by atoms with Gasteiger partial charge in [0.05, 0.1) is 6.04 Å². The predicted molar refractivity (Wildman–Crippen MR) is 80.0 cm³/mol. The summed E-state index contributed by atoms with van der Waals surface area (Å²) in [6, 6.07) is 8.04. The molecule has 1 rings (SSSR count). The largest absolute Gasteiger partial charge is 0.351 e. The van der Waals surface area contributed by atoms with E-state index in [9.17, 15) is 4.79 Å². The average molecular weight is 262 g/mol. The van der Waals surface area contributed by atoms with Crippen LogP contribution < -0.4 is 5.32 Å². The van der Waals surface area contributed by atoms with Crippen LogP contribution in [0.5, 0.6) is 0 Å². The fourth-order valence-corrected chi connectivity index (χ4v) is 2.07. The SMILES string of the molecule is Cc1ccccc1CNC(=O)C(C)N(C)CC(C)C. The van der Waals surface area contributed by atoms with E-state index >= 15 is 0 Å². The highest BCUT2D eigenvalue weighted by atomic mass is 16.2. The van der Waals surface area contributed by atoms with E-state index in [4.69, 9.17) is 0 Å². The maximum atomic E-state index is 12.1. The highest BCUT2D eigenvalue weighted by Gasteiger charge is 2.18. The first kappa shape index (κ1) is 15.7. The second-order valence-corrected chi connectivity index (χ2v) is 5.65. The number of aryl methyl sites for hydroxylation is 1. The van der Waals surface area contributed by atoms with Crippen LogP contribution in [0.15, 0.2) is 24.3 Å². The zero-order valence-electron chi connectivity index (χ0n) is 12.7. The van der Waals surface area contributed by atoms with E-state index in [1.54, 1.807) is 0 Å². The van der Waals surface area contributed by atoms with Gasteiger partial charge in [-0.2, -0.15) is 0 Å². The molecule has 3 heteroatoms. The molecule has 1 atom stereocenters. The number of rotatable bonds is 6.